The number of benzene rings is 2. The molecule has 14 nitrogen and oxygen atoms in total. The summed E-state index contributed by atoms with van der Waals surface area (Å²) in [5.41, 5.74) is -0.779. The Morgan fingerprint density at radius 2 is 1.41 bits per heavy atom. The highest BCUT2D eigenvalue weighted by Crippen LogP contribution is 2.46. The Kier molecular flexibility index (Phi) is 7.94. The molecular formula is C25H28O14. The standard InChI is InChI=1S/C25H28O14/c1-33-11-5-9(6-12(34-2)16(11)27)22-24(36-4)19(30)15-10(37-22)7-13(23(35-3)18(15)29)38-25-21(32)20(31)17(28)14(8-26)39-25/h5-7,14,17,20-21,25-29,31-32H,8H2,1-4H3/t14-,17-,20-,21-,25-/m0/s1. The lowest BCUT2D eigenvalue weighted by Crippen LogP contribution is -2.60. The molecule has 6 N–H and O–H groups in total. The molecule has 14 heteroatoms. The van der Waals surface area contributed by atoms with Gasteiger partial charge in [-0.3, -0.25) is 4.79 Å². The van der Waals surface area contributed by atoms with Crippen molar-refractivity contribution in [2.75, 3.05) is 35.0 Å². The summed E-state index contributed by atoms with van der Waals surface area (Å²) in [4.78, 5) is 13.4. The molecule has 0 unspecified atom stereocenters. The van der Waals surface area contributed by atoms with Gasteiger partial charge in [0.05, 0.1) is 35.0 Å². The molecule has 4 rings (SSSR count). The predicted octanol–water partition coefficient (Wildman–Crippen LogP) is 0.0843. The van der Waals surface area contributed by atoms with Gasteiger partial charge >= 0.3 is 0 Å². The van der Waals surface area contributed by atoms with Gasteiger partial charge in [0.2, 0.25) is 29.0 Å². The van der Waals surface area contributed by atoms with Gasteiger partial charge in [0.15, 0.2) is 28.8 Å². The van der Waals surface area contributed by atoms with Crippen LogP contribution in [0.4, 0.5) is 0 Å². The van der Waals surface area contributed by atoms with E-state index in [1.54, 1.807) is 0 Å². The topological polar surface area (TPSA) is 207 Å². The van der Waals surface area contributed by atoms with Crippen molar-refractivity contribution in [2.45, 2.75) is 30.7 Å². The number of aliphatic hydroxyl groups excluding tert-OH is 4. The van der Waals surface area contributed by atoms with Crippen molar-refractivity contribution in [3.05, 3.63) is 28.4 Å². The third kappa shape index (κ3) is 4.72. The second kappa shape index (κ2) is 11.0. The first-order valence-corrected chi connectivity index (χ1v) is 11.5. The van der Waals surface area contributed by atoms with Crippen LogP contribution in [0.3, 0.4) is 0 Å². The van der Waals surface area contributed by atoms with E-state index in [0.717, 1.165) is 0 Å². The maximum absolute atomic E-state index is 13.4. The van der Waals surface area contributed by atoms with Crippen molar-refractivity contribution in [3.8, 4) is 51.6 Å². The Hall–Kier alpha value is -3.95. The van der Waals surface area contributed by atoms with Crippen LogP contribution in [0, 0.1) is 0 Å². The van der Waals surface area contributed by atoms with E-state index in [4.69, 9.17) is 32.8 Å². The summed E-state index contributed by atoms with van der Waals surface area (Å²) < 4.78 is 37.9. The molecule has 0 saturated carbocycles. The van der Waals surface area contributed by atoms with E-state index < -0.39 is 48.5 Å². The SMILES string of the molecule is COc1cc(-c2oc3cc(O[C@H]4O[C@@H](CO)[C@H](O)[C@H](O)[C@@H]4O)c(OC)c(O)c3c(=O)c2OC)cc(OC)c1O. The van der Waals surface area contributed by atoms with Crippen LogP contribution >= 0.6 is 0 Å². The maximum Gasteiger partial charge on any atom is 0.239 e. The molecule has 1 aromatic heterocycles. The number of aromatic hydroxyl groups is 2. The molecule has 2 heterocycles. The maximum atomic E-state index is 13.4. The van der Waals surface area contributed by atoms with Gasteiger partial charge in [0.25, 0.3) is 0 Å². The molecule has 0 amide bonds. The van der Waals surface area contributed by atoms with Crippen molar-refractivity contribution in [2.24, 2.45) is 0 Å². The second-order valence-electron chi connectivity index (χ2n) is 8.47. The summed E-state index contributed by atoms with van der Waals surface area (Å²) in [6.07, 6.45) is -8.00. The highest BCUT2D eigenvalue weighted by atomic mass is 16.7. The molecule has 3 aromatic rings. The van der Waals surface area contributed by atoms with Crippen LogP contribution in [0.25, 0.3) is 22.3 Å². The number of hydrogen-bond donors (Lipinski definition) is 6. The first-order chi connectivity index (χ1) is 18.6. The van der Waals surface area contributed by atoms with Crippen LogP contribution < -0.4 is 29.1 Å². The zero-order valence-electron chi connectivity index (χ0n) is 21.3. The van der Waals surface area contributed by atoms with E-state index in [1.807, 2.05) is 0 Å². The molecule has 0 bridgehead atoms. The van der Waals surface area contributed by atoms with Crippen molar-refractivity contribution in [1.82, 2.24) is 0 Å². The van der Waals surface area contributed by atoms with Crippen molar-refractivity contribution >= 4 is 11.0 Å². The first-order valence-electron chi connectivity index (χ1n) is 11.5. The number of rotatable bonds is 8. The average molecular weight is 552 g/mol. The number of fused-ring (bicyclic) bond motifs is 1. The highest BCUT2D eigenvalue weighted by molar-refractivity contribution is 5.91. The third-order valence-corrected chi connectivity index (χ3v) is 6.28. The number of hydrogen-bond acceptors (Lipinski definition) is 14. The quantitative estimate of drug-likeness (QED) is 0.219. The van der Waals surface area contributed by atoms with Gasteiger partial charge in [0, 0.05) is 11.6 Å². The largest absolute Gasteiger partial charge is 0.504 e. The Morgan fingerprint density at radius 1 is 0.795 bits per heavy atom. The second-order valence-corrected chi connectivity index (χ2v) is 8.47. The minimum atomic E-state index is -1.76. The zero-order valence-corrected chi connectivity index (χ0v) is 21.3. The molecule has 2 aromatic carbocycles. The van der Waals surface area contributed by atoms with Crippen LogP contribution in [-0.2, 0) is 4.74 Å². The third-order valence-electron chi connectivity index (χ3n) is 6.28. The fraction of sp³-hybridized carbons (Fsp3) is 0.400. The Labute approximate surface area is 220 Å². The van der Waals surface area contributed by atoms with E-state index in [2.05, 4.69) is 0 Å². The molecule has 0 radical (unpaired) electrons. The Balaban J connectivity index is 1.91. The number of methoxy groups -OCH3 is 4. The molecule has 39 heavy (non-hydrogen) atoms. The number of aliphatic hydroxyl groups is 4. The summed E-state index contributed by atoms with van der Waals surface area (Å²) >= 11 is 0. The molecular weight excluding hydrogens is 524 g/mol. The van der Waals surface area contributed by atoms with Crippen molar-refractivity contribution in [1.29, 1.82) is 0 Å². The van der Waals surface area contributed by atoms with Gasteiger partial charge in [0.1, 0.15) is 35.4 Å². The number of phenols is 2. The minimum Gasteiger partial charge on any atom is -0.504 e. The van der Waals surface area contributed by atoms with Crippen LogP contribution in [0.5, 0.6) is 40.2 Å². The van der Waals surface area contributed by atoms with Crippen molar-refractivity contribution < 1.29 is 63.5 Å². The van der Waals surface area contributed by atoms with Gasteiger partial charge in [-0.25, -0.2) is 0 Å². The number of phenolic OH excluding ortho intramolecular Hbond substituents is 2. The van der Waals surface area contributed by atoms with Crippen LogP contribution in [-0.4, -0.2) is 96.4 Å². The fourth-order valence-corrected chi connectivity index (χ4v) is 4.25. The molecule has 1 fully saturated rings. The molecule has 1 aliphatic rings. The molecule has 0 spiro atoms. The summed E-state index contributed by atoms with van der Waals surface area (Å²) in [6, 6.07) is 3.92. The smallest absolute Gasteiger partial charge is 0.239 e. The van der Waals surface area contributed by atoms with Crippen LogP contribution in [0.15, 0.2) is 27.4 Å². The zero-order chi connectivity index (χ0) is 28.6. The van der Waals surface area contributed by atoms with Gasteiger partial charge in [-0.15, -0.1) is 0 Å². The summed E-state index contributed by atoms with van der Waals surface area (Å²) in [5.74, 6) is -1.97. The Bertz CT molecular complexity index is 1390. The first kappa shape index (κ1) is 28.1. The highest BCUT2D eigenvalue weighted by Gasteiger charge is 2.45. The molecule has 1 aliphatic heterocycles. The van der Waals surface area contributed by atoms with E-state index in [1.165, 1.54) is 46.6 Å². The van der Waals surface area contributed by atoms with Crippen molar-refractivity contribution in [3.63, 3.8) is 0 Å². The fourth-order valence-electron chi connectivity index (χ4n) is 4.25. The minimum absolute atomic E-state index is 0.0124. The number of ether oxygens (including phenoxy) is 6. The van der Waals surface area contributed by atoms with Crippen LogP contribution in [0.1, 0.15) is 0 Å². The van der Waals surface area contributed by atoms with E-state index in [-0.39, 0.29) is 56.8 Å². The predicted molar refractivity (Wildman–Crippen MR) is 132 cm³/mol. The molecule has 0 aliphatic carbocycles. The monoisotopic (exact) mass is 552 g/mol. The van der Waals surface area contributed by atoms with E-state index in [9.17, 15) is 35.4 Å². The Morgan fingerprint density at radius 3 is 1.95 bits per heavy atom. The molecule has 1 saturated heterocycles. The lowest BCUT2D eigenvalue weighted by molar-refractivity contribution is -0.277. The van der Waals surface area contributed by atoms with Crippen LogP contribution in [0.2, 0.25) is 0 Å². The lowest BCUT2D eigenvalue weighted by Gasteiger charge is -2.39. The summed E-state index contributed by atoms with van der Waals surface area (Å²) in [5, 5.41) is 60.9. The molecule has 212 valence electrons. The normalized spacial score (nSPS) is 22.9. The van der Waals surface area contributed by atoms with E-state index >= 15 is 0 Å². The van der Waals surface area contributed by atoms with Gasteiger partial charge in [-0.1, -0.05) is 0 Å². The van der Waals surface area contributed by atoms with E-state index in [0.29, 0.717) is 0 Å². The molecule has 5 atom stereocenters. The van der Waals surface area contributed by atoms with Gasteiger partial charge in [-0.2, -0.15) is 0 Å². The summed E-state index contributed by atoms with van der Waals surface area (Å²) in [7, 11) is 5.04. The van der Waals surface area contributed by atoms with Gasteiger partial charge in [-0.05, 0) is 12.1 Å². The van der Waals surface area contributed by atoms with Gasteiger partial charge < -0.3 is 63.5 Å². The summed E-state index contributed by atoms with van der Waals surface area (Å²) in [6.45, 7) is -0.692. The lowest BCUT2D eigenvalue weighted by atomic mass is 9.99. The average Bonchev–Trinajstić information content (AvgIpc) is 2.93.